The molecule has 0 saturated carbocycles. The predicted molar refractivity (Wildman–Crippen MR) is 93.2 cm³/mol. The lowest BCUT2D eigenvalue weighted by Crippen LogP contribution is -2.17. The summed E-state index contributed by atoms with van der Waals surface area (Å²) in [5.41, 5.74) is 1.23. The summed E-state index contributed by atoms with van der Waals surface area (Å²) in [7, 11) is 0. The molecule has 0 aliphatic heterocycles. The van der Waals surface area contributed by atoms with E-state index in [1.54, 1.807) is 24.3 Å². The third kappa shape index (κ3) is 8.50. The van der Waals surface area contributed by atoms with Gasteiger partial charge in [0.05, 0.1) is 13.0 Å². The van der Waals surface area contributed by atoms with Gasteiger partial charge in [-0.05, 0) is 12.5 Å². The zero-order valence-corrected chi connectivity index (χ0v) is 14.1. The smallest absolute Gasteiger partial charge is 0.231 e. The van der Waals surface area contributed by atoms with Crippen molar-refractivity contribution in [1.29, 1.82) is 0 Å². The maximum atomic E-state index is 11.9. The molecule has 0 saturated heterocycles. The second-order valence-corrected chi connectivity index (χ2v) is 5.95. The Morgan fingerprint density at radius 3 is 2.35 bits per heavy atom. The molecule has 1 aromatic rings. The summed E-state index contributed by atoms with van der Waals surface area (Å²) in [6.07, 6.45) is 8.52. The van der Waals surface area contributed by atoms with Crippen LogP contribution in [0.25, 0.3) is 0 Å². The van der Waals surface area contributed by atoms with Crippen molar-refractivity contribution >= 4 is 17.4 Å². The van der Waals surface area contributed by atoms with Crippen LogP contribution in [-0.2, 0) is 16.2 Å². The lowest BCUT2D eigenvalue weighted by molar-refractivity contribution is -0.125. The highest BCUT2D eigenvalue weighted by molar-refractivity contribution is 6.04. The van der Waals surface area contributed by atoms with Crippen molar-refractivity contribution in [2.75, 3.05) is 5.32 Å². The highest BCUT2D eigenvalue weighted by atomic mass is 16.3. The van der Waals surface area contributed by atoms with Crippen molar-refractivity contribution < 1.29 is 14.7 Å². The Bertz CT molecular complexity index is 485. The van der Waals surface area contributed by atoms with Gasteiger partial charge in [-0.15, -0.1) is 0 Å². The normalized spacial score (nSPS) is 10.5. The molecule has 1 amide bonds. The van der Waals surface area contributed by atoms with Crippen LogP contribution >= 0.6 is 0 Å². The molecule has 0 fully saturated rings. The first kappa shape index (κ1) is 19.4. The van der Waals surface area contributed by atoms with Crippen molar-refractivity contribution in [2.24, 2.45) is 0 Å². The zero-order chi connectivity index (χ0) is 16.9. The number of Topliss-reactive ketones (excluding diaryl/α,β-unsaturated/α-hetero) is 1. The molecule has 1 aromatic carbocycles. The minimum absolute atomic E-state index is 0.0162. The van der Waals surface area contributed by atoms with Crippen molar-refractivity contribution in [2.45, 2.75) is 71.3 Å². The van der Waals surface area contributed by atoms with Gasteiger partial charge in [-0.1, -0.05) is 63.6 Å². The van der Waals surface area contributed by atoms with Gasteiger partial charge < -0.3 is 10.4 Å². The zero-order valence-electron chi connectivity index (χ0n) is 14.1. The first-order chi connectivity index (χ1) is 11.2. The van der Waals surface area contributed by atoms with Gasteiger partial charge in [-0.25, -0.2) is 0 Å². The number of para-hydroxylation sites is 1. The number of nitrogens with one attached hydrogen (secondary N) is 1. The fourth-order valence-electron chi connectivity index (χ4n) is 2.52. The van der Waals surface area contributed by atoms with Gasteiger partial charge in [-0.3, -0.25) is 9.59 Å². The van der Waals surface area contributed by atoms with Crippen LogP contribution in [-0.4, -0.2) is 16.8 Å². The average molecular weight is 319 g/mol. The predicted octanol–water partition coefficient (Wildman–Crippen LogP) is 4.22. The second kappa shape index (κ2) is 11.8. The minimum atomic E-state index is -0.307. The average Bonchev–Trinajstić information content (AvgIpc) is 2.54. The van der Waals surface area contributed by atoms with E-state index in [2.05, 4.69) is 12.2 Å². The number of hydrogen-bond acceptors (Lipinski definition) is 3. The van der Waals surface area contributed by atoms with Crippen LogP contribution in [0.5, 0.6) is 0 Å². The molecule has 0 aromatic heterocycles. The summed E-state index contributed by atoms with van der Waals surface area (Å²) in [5, 5.41) is 11.9. The van der Waals surface area contributed by atoms with Crippen LogP contribution in [0, 0.1) is 0 Å². The maximum absolute atomic E-state index is 11.9. The Morgan fingerprint density at radius 1 is 1.00 bits per heavy atom. The van der Waals surface area contributed by atoms with Crippen molar-refractivity contribution in [3.63, 3.8) is 0 Å². The molecule has 128 valence electrons. The number of amides is 1. The largest absolute Gasteiger partial charge is 0.392 e. The van der Waals surface area contributed by atoms with E-state index >= 15 is 0 Å². The van der Waals surface area contributed by atoms with Crippen molar-refractivity contribution in [3.8, 4) is 0 Å². The molecule has 0 aliphatic carbocycles. The van der Waals surface area contributed by atoms with Crippen molar-refractivity contribution in [3.05, 3.63) is 29.8 Å². The Labute approximate surface area is 139 Å². The van der Waals surface area contributed by atoms with E-state index in [0.717, 1.165) is 12.8 Å². The minimum Gasteiger partial charge on any atom is -0.392 e. The molecule has 0 aliphatic rings. The number of benzene rings is 1. The molecule has 1 rings (SSSR count). The summed E-state index contributed by atoms with van der Waals surface area (Å²) in [6.45, 7) is 2.06. The highest BCUT2D eigenvalue weighted by Crippen LogP contribution is 2.15. The quantitative estimate of drug-likeness (QED) is 0.448. The number of aliphatic hydroxyl groups is 1. The molecule has 0 atom stereocenters. The monoisotopic (exact) mass is 319 g/mol. The molecule has 0 bridgehead atoms. The molecule has 4 heteroatoms. The second-order valence-electron chi connectivity index (χ2n) is 5.95. The fourth-order valence-corrected chi connectivity index (χ4v) is 2.52. The van der Waals surface area contributed by atoms with Gasteiger partial charge in [-0.2, -0.15) is 0 Å². The fraction of sp³-hybridized carbons (Fsp3) is 0.579. The summed E-state index contributed by atoms with van der Waals surface area (Å²) >= 11 is 0. The molecular formula is C19H29NO3. The lowest BCUT2D eigenvalue weighted by atomic mass is 10.1. The number of unbranched alkanes of at least 4 members (excludes halogenated alkanes) is 6. The van der Waals surface area contributed by atoms with E-state index in [-0.39, 0.29) is 24.7 Å². The summed E-state index contributed by atoms with van der Waals surface area (Å²) < 4.78 is 0. The van der Waals surface area contributed by atoms with E-state index in [9.17, 15) is 14.7 Å². The van der Waals surface area contributed by atoms with Crippen LogP contribution in [0.1, 0.15) is 70.3 Å². The van der Waals surface area contributed by atoms with E-state index in [0.29, 0.717) is 17.7 Å². The molecule has 23 heavy (non-hydrogen) atoms. The van der Waals surface area contributed by atoms with Crippen LogP contribution in [0.3, 0.4) is 0 Å². The molecule has 4 nitrogen and oxygen atoms in total. The summed E-state index contributed by atoms with van der Waals surface area (Å²) in [5.74, 6) is -0.323. The van der Waals surface area contributed by atoms with Gasteiger partial charge in [0.2, 0.25) is 5.91 Å². The van der Waals surface area contributed by atoms with Gasteiger partial charge in [0.25, 0.3) is 0 Å². The lowest BCUT2D eigenvalue weighted by Gasteiger charge is -2.08. The molecule has 0 spiro atoms. The standard InChI is InChI=1S/C19H29NO3/c1-2-3-4-5-6-7-8-12-17(22)14-19(23)20-18-13-10-9-11-16(18)15-21/h9-11,13,21H,2-8,12,14-15H2,1H3,(H,20,23). The van der Waals surface area contributed by atoms with E-state index in [1.165, 1.54) is 32.1 Å². The first-order valence-corrected chi connectivity index (χ1v) is 8.67. The topological polar surface area (TPSA) is 66.4 Å². The molecular weight excluding hydrogens is 290 g/mol. The molecule has 0 heterocycles. The van der Waals surface area contributed by atoms with E-state index in [1.807, 2.05) is 0 Å². The Balaban J connectivity index is 2.20. The molecule has 0 unspecified atom stereocenters. The summed E-state index contributed by atoms with van der Waals surface area (Å²) in [4.78, 5) is 23.7. The van der Waals surface area contributed by atoms with Gasteiger partial charge >= 0.3 is 0 Å². The Kier molecular flexibility index (Phi) is 9.96. The van der Waals surface area contributed by atoms with Crippen LogP contribution in [0.2, 0.25) is 0 Å². The SMILES string of the molecule is CCCCCCCCCC(=O)CC(=O)Nc1ccccc1CO. The molecule has 2 N–H and O–H groups in total. The maximum Gasteiger partial charge on any atom is 0.231 e. The van der Waals surface area contributed by atoms with E-state index < -0.39 is 0 Å². The van der Waals surface area contributed by atoms with Crippen molar-refractivity contribution in [1.82, 2.24) is 0 Å². The summed E-state index contributed by atoms with van der Waals surface area (Å²) in [6, 6.07) is 7.06. The van der Waals surface area contributed by atoms with E-state index in [4.69, 9.17) is 0 Å². The molecule has 0 radical (unpaired) electrons. The number of aliphatic hydroxyl groups excluding tert-OH is 1. The van der Waals surface area contributed by atoms with Gasteiger partial charge in [0, 0.05) is 17.7 Å². The Morgan fingerprint density at radius 2 is 1.65 bits per heavy atom. The van der Waals surface area contributed by atoms with Gasteiger partial charge in [0.1, 0.15) is 5.78 Å². The number of ketones is 1. The van der Waals surface area contributed by atoms with Gasteiger partial charge in [0.15, 0.2) is 0 Å². The van der Waals surface area contributed by atoms with Crippen LogP contribution in [0.4, 0.5) is 5.69 Å². The first-order valence-electron chi connectivity index (χ1n) is 8.67. The van der Waals surface area contributed by atoms with Crippen LogP contribution < -0.4 is 5.32 Å². The number of hydrogen-bond donors (Lipinski definition) is 2. The highest BCUT2D eigenvalue weighted by Gasteiger charge is 2.11. The number of rotatable bonds is 12. The number of anilines is 1. The number of carbonyl (C=O) groups is 2. The van der Waals surface area contributed by atoms with Crippen LogP contribution in [0.15, 0.2) is 24.3 Å². The number of carbonyl (C=O) groups excluding carboxylic acids is 2. The Hall–Kier alpha value is -1.68. The third-order valence-electron chi connectivity index (χ3n) is 3.88. The third-order valence-corrected chi connectivity index (χ3v) is 3.88.